The third-order valence-corrected chi connectivity index (χ3v) is 5.07. The predicted octanol–water partition coefficient (Wildman–Crippen LogP) is 4.15. The van der Waals surface area contributed by atoms with Gasteiger partial charge in [-0.3, -0.25) is 0 Å². The number of aromatic nitrogens is 1. The van der Waals surface area contributed by atoms with Crippen molar-refractivity contribution in [3.05, 3.63) is 15.6 Å². The topological polar surface area (TPSA) is 33.1 Å². The SMILES string of the molecule is CCC(CC)c1nc(C2CC2)c(C(C)(C)O)s1. The summed E-state index contributed by atoms with van der Waals surface area (Å²) in [6, 6.07) is 0. The third-order valence-electron chi connectivity index (χ3n) is 3.52. The van der Waals surface area contributed by atoms with E-state index in [1.54, 1.807) is 11.3 Å². The first-order chi connectivity index (χ1) is 7.97. The lowest BCUT2D eigenvalue weighted by Crippen LogP contribution is -2.15. The Balaban J connectivity index is 2.37. The monoisotopic (exact) mass is 253 g/mol. The third kappa shape index (κ3) is 2.71. The number of hydrogen-bond acceptors (Lipinski definition) is 3. The van der Waals surface area contributed by atoms with Crippen LogP contribution in [0.15, 0.2) is 0 Å². The fraction of sp³-hybridized carbons (Fsp3) is 0.786. The van der Waals surface area contributed by atoms with Gasteiger partial charge in [0, 0.05) is 11.8 Å². The molecule has 3 heteroatoms. The first-order valence-electron chi connectivity index (χ1n) is 6.70. The normalized spacial score (nSPS) is 16.8. The molecule has 1 saturated carbocycles. The summed E-state index contributed by atoms with van der Waals surface area (Å²) in [6.45, 7) is 8.19. The Labute approximate surface area is 108 Å². The van der Waals surface area contributed by atoms with Gasteiger partial charge in [0.2, 0.25) is 0 Å². The molecule has 2 nitrogen and oxygen atoms in total. The van der Waals surface area contributed by atoms with E-state index in [4.69, 9.17) is 4.98 Å². The molecule has 1 aliphatic carbocycles. The molecule has 96 valence electrons. The molecule has 0 atom stereocenters. The second kappa shape index (κ2) is 4.69. The van der Waals surface area contributed by atoms with Crippen molar-refractivity contribution in [3.63, 3.8) is 0 Å². The molecule has 2 rings (SSSR count). The van der Waals surface area contributed by atoms with Gasteiger partial charge in [0.05, 0.1) is 21.2 Å². The molecule has 1 aromatic heterocycles. The first kappa shape index (κ1) is 13.0. The van der Waals surface area contributed by atoms with Crippen molar-refractivity contribution in [2.75, 3.05) is 0 Å². The second-order valence-electron chi connectivity index (χ2n) is 5.61. The molecule has 17 heavy (non-hydrogen) atoms. The van der Waals surface area contributed by atoms with Gasteiger partial charge in [0.1, 0.15) is 0 Å². The summed E-state index contributed by atoms with van der Waals surface area (Å²) in [5.74, 6) is 1.18. The maximum Gasteiger partial charge on any atom is 0.0963 e. The highest BCUT2D eigenvalue weighted by Crippen LogP contribution is 2.46. The molecule has 1 heterocycles. The lowest BCUT2D eigenvalue weighted by Gasteiger charge is -2.16. The van der Waals surface area contributed by atoms with E-state index >= 15 is 0 Å². The Kier molecular flexibility index (Phi) is 3.60. The number of nitrogens with zero attached hydrogens (tertiary/aromatic N) is 1. The van der Waals surface area contributed by atoms with Crippen molar-refractivity contribution in [1.82, 2.24) is 4.98 Å². The van der Waals surface area contributed by atoms with E-state index in [1.165, 1.54) is 23.5 Å². The molecule has 0 spiro atoms. The molecule has 0 radical (unpaired) electrons. The van der Waals surface area contributed by atoms with Crippen LogP contribution >= 0.6 is 11.3 Å². The molecular weight excluding hydrogens is 230 g/mol. The highest BCUT2D eigenvalue weighted by atomic mass is 32.1. The average Bonchev–Trinajstić information content (AvgIpc) is 2.99. The zero-order valence-corrected chi connectivity index (χ0v) is 12.1. The summed E-state index contributed by atoms with van der Waals surface area (Å²) in [7, 11) is 0. The summed E-state index contributed by atoms with van der Waals surface area (Å²) < 4.78 is 0. The second-order valence-corrected chi connectivity index (χ2v) is 6.64. The lowest BCUT2D eigenvalue weighted by atomic mass is 10.0. The summed E-state index contributed by atoms with van der Waals surface area (Å²) in [5, 5.41) is 11.5. The molecule has 1 aromatic rings. The van der Waals surface area contributed by atoms with Gasteiger partial charge in [-0.1, -0.05) is 13.8 Å². The smallest absolute Gasteiger partial charge is 0.0963 e. The number of hydrogen-bond donors (Lipinski definition) is 1. The molecule has 0 aliphatic heterocycles. The molecule has 1 fully saturated rings. The van der Waals surface area contributed by atoms with Crippen molar-refractivity contribution in [3.8, 4) is 0 Å². The van der Waals surface area contributed by atoms with E-state index in [1.807, 2.05) is 13.8 Å². The lowest BCUT2D eigenvalue weighted by molar-refractivity contribution is 0.0813. The summed E-state index contributed by atoms with van der Waals surface area (Å²) in [5.41, 5.74) is 0.448. The van der Waals surface area contributed by atoms with Crippen LogP contribution in [0.4, 0.5) is 0 Å². The highest BCUT2D eigenvalue weighted by molar-refractivity contribution is 7.12. The summed E-state index contributed by atoms with van der Waals surface area (Å²) >= 11 is 1.73. The van der Waals surface area contributed by atoms with Crippen LogP contribution in [0.1, 0.15) is 80.8 Å². The van der Waals surface area contributed by atoms with Gasteiger partial charge in [-0.2, -0.15) is 0 Å². The first-order valence-corrected chi connectivity index (χ1v) is 7.52. The molecule has 0 unspecified atom stereocenters. The van der Waals surface area contributed by atoms with Crippen molar-refractivity contribution in [2.45, 2.75) is 70.8 Å². The van der Waals surface area contributed by atoms with Gasteiger partial charge in [-0.05, 0) is 39.5 Å². The molecular formula is C14H23NOS. The maximum atomic E-state index is 10.3. The largest absolute Gasteiger partial charge is 0.385 e. The predicted molar refractivity (Wildman–Crippen MR) is 72.7 cm³/mol. The van der Waals surface area contributed by atoms with Crippen molar-refractivity contribution >= 4 is 11.3 Å². The molecule has 0 bridgehead atoms. The van der Waals surface area contributed by atoms with E-state index in [-0.39, 0.29) is 0 Å². The van der Waals surface area contributed by atoms with Crippen LogP contribution in [0.25, 0.3) is 0 Å². The van der Waals surface area contributed by atoms with Gasteiger partial charge in [-0.25, -0.2) is 4.98 Å². The van der Waals surface area contributed by atoms with Gasteiger partial charge in [0.25, 0.3) is 0 Å². The summed E-state index contributed by atoms with van der Waals surface area (Å²) in [4.78, 5) is 5.94. The Hall–Kier alpha value is -0.410. The van der Waals surface area contributed by atoms with Gasteiger partial charge in [0.15, 0.2) is 0 Å². The quantitative estimate of drug-likeness (QED) is 0.855. The molecule has 1 aliphatic rings. The van der Waals surface area contributed by atoms with E-state index in [9.17, 15) is 5.11 Å². The van der Waals surface area contributed by atoms with E-state index < -0.39 is 5.60 Å². The zero-order valence-electron chi connectivity index (χ0n) is 11.3. The zero-order chi connectivity index (χ0) is 12.6. The summed E-state index contributed by atoms with van der Waals surface area (Å²) in [6.07, 6.45) is 4.77. The van der Waals surface area contributed by atoms with Crippen molar-refractivity contribution in [2.24, 2.45) is 0 Å². The van der Waals surface area contributed by atoms with Crippen LogP contribution in [-0.4, -0.2) is 10.1 Å². The fourth-order valence-electron chi connectivity index (χ4n) is 2.23. The minimum absolute atomic E-state index is 0.564. The Morgan fingerprint density at radius 3 is 2.35 bits per heavy atom. The molecule has 0 aromatic carbocycles. The van der Waals surface area contributed by atoms with Crippen molar-refractivity contribution < 1.29 is 5.11 Å². The van der Waals surface area contributed by atoms with E-state index in [0.29, 0.717) is 11.8 Å². The van der Waals surface area contributed by atoms with Crippen molar-refractivity contribution in [1.29, 1.82) is 0 Å². The number of aliphatic hydroxyl groups is 1. The Morgan fingerprint density at radius 2 is 1.94 bits per heavy atom. The van der Waals surface area contributed by atoms with Gasteiger partial charge >= 0.3 is 0 Å². The number of thiazole rings is 1. The standard InChI is InChI=1S/C14H23NOS/c1-5-9(6-2)13-15-11(10-7-8-10)12(17-13)14(3,4)16/h9-10,16H,5-8H2,1-4H3. The highest BCUT2D eigenvalue weighted by Gasteiger charge is 2.35. The maximum absolute atomic E-state index is 10.3. The van der Waals surface area contributed by atoms with Crippen LogP contribution < -0.4 is 0 Å². The van der Waals surface area contributed by atoms with E-state index in [2.05, 4.69) is 13.8 Å². The Morgan fingerprint density at radius 1 is 1.35 bits per heavy atom. The molecule has 0 saturated heterocycles. The number of rotatable bonds is 5. The van der Waals surface area contributed by atoms with Gasteiger partial charge < -0.3 is 5.11 Å². The minimum atomic E-state index is -0.736. The van der Waals surface area contributed by atoms with Crippen LogP contribution in [0.2, 0.25) is 0 Å². The molecule has 0 amide bonds. The Bertz CT molecular complexity index is 383. The van der Waals surface area contributed by atoms with Crippen LogP contribution in [0.3, 0.4) is 0 Å². The van der Waals surface area contributed by atoms with Crippen LogP contribution in [0, 0.1) is 0 Å². The van der Waals surface area contributed by atoms with Crippen LogP contribution in [0.5, 0.6) is 0 Å². The average molecular weight is 253 g/mol. The molecule has 1 N–H and O–H groups in total. The van der Waals surface area contributed by atoms with Gasteiger partial charge in [-0.15, -0.1) is 11.3 Å². The minimum Gasteiger partial charge on any atom is -0.385 e. The fourth-order valence-corrected chi connectivity index (χ4v) is 3.65. The van der Waals surface area contributed by atoms with E-state index in [0.717, 1.165) is 17.7 Å². The van der Waals surface area contributed by atoms with Crippen LogP contribution in [-0.2, 0) is 5.60 Å².